The number of rotatable bonds is 2. The fourth-order valence-electron chi connectivity index (χ4n) is 3.29. The minimum Gasteiger partial charge on any atom is -0.383 e. The SMILES string of the molecule is Cc1cc(C)cc(-n2[nH]c(=O)c(C3=Nc4ccccc4C3)c2N)c1. The summed E-state index contributed by atoms with van der Waals surface area (Å²) < 4.78 is 1.64. The van der Waals surface area contributed by atoms with Gasteiger partial charge in [0, 0.05) is 6.42 Å². The number of hydrogen-bond donors (Lipinski definition) is 2. The zero-order valence-electron chi connectivity index (χ0n) is 13.6. The van der Waals surface area contributed by atoms with Crippen molar-refractivity contribution in [2.24, 2.45) is 4.99 Å². The lowest BCUT2D eigenvalue weighted by Crippen LogP contribution is -2.14. The minimum atomic E-state index is -0.210. The van der Waals surface area contributed by atoms with E-state index in [0.29, 0.717) is 17.8 Å². The molecule has 1 aromatic heterocycles. The third-order valence-electron chi connectivity index (χ3n) is 4.30. The summed E-state index contributed by atoms with van der Waals surface area (Å²) in [7, 11) is 0. The summed E-state index contributed by atoms with van der Waals surface area (Å²) in [5, 5.41) is 2.84. The molecule has 1 aliphatic rings. The molecule has 24 heavy (non-hydrogen) atoms. The van der Waals surface area contributed by atoms with Crippen LogP contribution in [0.25, 0.3) is 5.69 Å². The van der Waals surface area contributed by atoms with Gasteiger partial charge in [0.2, 0.25) is 0 Å². The van der Waals surface area contributed by atoms with Gasteiger partial charge in [-0.3, -0.25) is 14.9 Å². The second-order valence-electron chi connectivity index (χ2n) is 6.25. The van der Waals surface area contributed by atoms with Crippen LogP contribution < -0.4 is 11.3 Å². The number of nitrogen functional groups attached to an aromatic ring is 1. The van der Waals surface area contributed by atoms with Gasteiger partial charge < -0.3 is 5.73 Å². The van der Waals surface area contributed by atoms with Gasteiger partial charge in [-0.2, -0.15) is 0 Å². The number of aromatic nitrogens is 2. The number of nitrogens with two attached hydrogens (primary N) is 1. The van der Waals surface area contributed by atoms with E-state index in [2.05, 4.69) is 16.2 Å². The van der Waals surface area contributed by atoms with E-state index in [-0.39, 0.29) is 5.56 Å². The molecule has 0 aliphatic carbocycles. The summed E-state index contributed by atoms with van der Waals surface area (Å²) in [6.45, 7) is 4.04. The first kappa shape index (κ1) is 14.5. The van der Waals surface area contributed by atoms with Gasteiger partial charge in [0.1, 0.15) is 11.4 Å². The Morgan fingerprint density at radius 3 is 2.54 bits per heavy atom. The lowest BCUT2D eigenvalue weighted by atomic mass is 10.1. The Labute approximate surface area is 139 Å². The highest BCUT2D eigenvalue weighted by Crippen LogP contribution is 2.29. The molecule has 0 radical (unpaired) electrons. The van der Waals surface area contributed by atoms with E-state index in [4.69, 9.17) is 5.73 Å². The predicted octanol–water partition coefficient (Wildman–Crippen LogP) is 3.04. The van der Waals surface area contributed by atoms with Crippen molar-refractivity contribution in [3.05, 3.63) is 75.1 Å². The van der Waals surface area contributed by atoms with Crippen LogP contribution in [0.5, 0.6) is 0 Å². The number of hydrogen-bond acceptors (Lipinski definition) is 3. The summed E-state index contributed by atoms with van der Waals surface area (Å²) in [6, 6.07) is 14.0. The van der Waals surface area contributed by atoms with Crippen LogP contribution in [0.2, 0.25) is 0 Å². The lowest BCUT2D eigenvalue weighted by molar-refractivity contribution is 0.871. The summed E-state index contributed by atoms with van der Waals surface area (Å²) in [4.78, 5) is 17.1. The third-order valence-corrected chi connectivity index (χ3v) is 4.30. The molecule has 0 amide bonds. The molecule has 5 nitrogen and oxygen atoms in total. The summed E-state index contributed by atoms with van der Waals surface area (Å²) in [6.07, 6.45) is 0.625. The first-order chi connectivity index (χ1) is 11.5. The predicted molar refractivity (Wildman–Crippen MR) is 96.6 cm³/mol. The fourth-order valence-corrected chi connectivity index (χ4v) is 3.29. The monoisotopic (exact) mass is 318 g/mol. The van der Waals surface area contributed by atoms with E-state index in [9.17, 15) is 4.79 Å². The average Bonchev–Trinajstić information content (AvgIpc) is 3.06. The van der Waals surface area contributed by atoms with Crippen LogP contribution >= 0.6 is 0 Å². The number of aryl methyl sites for hydroxylation is 2. The van der Waals surface area contributed by atoms with Gasteiger partial charge in [0.15, 0.2) is 0 Å². The van der Waals surface area contributed by atoms with Gasteiger partial charge in [-0.05, 0) is 48.7 Å². The number of nitrogens with zero attached hydrogens (tertiary/aromatic N) is 2. The van der Waals surface area contributed by atoms with E-state index >= 15 is 0 Å². The molecule has 0 spiro atoms. The van der Waals surface area contributed by atoms with Crippen LogP contribution in [0.4, 0.5) is 11.5 Å². The van der Waals surface area contributed by atoms with Gasteiger partial charge in [-0.25, -0.2) is 4.68 Å². The maximum Gasteiger partial charge on any atom is 0.275 e. The quantitative estimate of drug-likeness (QED) is 0.762. The first-order valence-corrected chi connectivity index (χ1v) is 7.88. The van der Waals surface area contributed by atoms with Crippen LogP contribution in [0.3, 0.4) is 0 Å². The van der Waals surface area contributed by atoms with Crippen LogP contribution in [0, 0.1) is 13.8 Å². The fraction of sp³-hybridized carbons (Fsp3) is 0.158. The van der Waals surface area contributed by atoms with E-state index in [0.717, 1.165) is 33.8 Å². The Morgan fingerprint density at radius 1 is 1.12 bits per heavy atom. The van der Waals surface area contributed by atoms with Crippen LogP contribution in [-0.2, 0) is 6.42 Å². The van der Waals surface area contributed by atoms with Crippen molar-refractivity contribution in [3.63, 3.8) is 0 Å². The molecule has 0 bridgehead atoms. The summed E-state index contributed by atoms with van der Waals surface area (Å²) in [5.41, 5.74) is 12.4. The number of benzene rings is 2. The van der Waals surface area contributed by atoms with E-state index < -0.39 is 0 Å². The highest BCUT2D eigenvalue weighted by Gasteiger charge is 2.23. The maximum absolute atomic E-state index is 12.5. The molecule has 3 aromatic rings. The Balaban J connectivity index is 1.83. The van der Waals surface area contributed by atoms with Gasteiger partial charge in [0.05, 0.1) is 17.1 Å². The molecule has 120 valence electrons. The van der Waals surface area contributed by atoms with Crippen LogP contribution in [0.1, 0.15) is 22.3 Å². The molecule has 2 aromatic carbocycles. The average molecular weight is 318 g/mol. The van der Waals surface area contributed by atoms with Crippen molar-refractivity contribution in [2.45, 2.75) is 20.3 Å². The van der Waals surface area contributed by atoms with Crippen molar-refractivity contribution in [1.82, 2.24) is 9.78 Å². The highest BCUT2D eigenvalue weighted by molar-refractivity contribution is 6.09. The zero-order valence-corrected chi connectivity index (χ0v) is 13.6. The number of nitrogens with one attached hydrogen (secondary N) is 1. The highest BCUT2D eigenvalue weighted by atomic mass is 16.1. The first-order valence-electron chi connectivity index (χ1n) is 7.88. The van der Waals surface area contributed by atoms with Gasteiger partial charge in [0.25, 0.3) is 5.56 Å². The molecular formula is C19H18N4O. The van der Waals surface area contributed by atoms with Crippen molar-refractivity contribution < 1.29 is 0 Å². The largest absolute Gasteiger partial charge is 0.383 e. The lowest BCUT2D eigenvalue weighted by Gasteiger charge is -2.08. The Kier molecular flexibility index (Phi) is 3.16. The molecule has 0 fully saturated rings. The van der Waals surface area contributed by atoms with E-state index in [1.807, 2.05) is 50.2 Å². The molecule has 3 N–H and O–H groups in total. The van der Waals surface area contributed by atoms with Gasteiger partial charge in [-0.15, -0.1) is 0 Å². The molecule has 2 heterocycles. The van der Waals surface area contributed by atoms with Crippen molar-refractivity contribution in [2.75, 3.05) is 5.73 Å². The zero-order chi connectivity index (χ0) is 16.8. The minimum absolute atomic E-state index is 0.210. The number of fused-ring (bicyclic) bond motifs is 1. The van der Waals surface area contributed by atoms with Gasteiger partial charge in [-0.1, -0.05) is 24.3 Å². The van der Waals surface area contributed by atoms with Crippen LogP contribution in [-0.4, -0.2) is 15.5 Å². The topological polar surface area (TPSA) is 76.2 Å². The molecule has 0 atom stereocenters. The Morgan fingerprint density at radius 2 is 1.83 bits per heavy atom. The second kappa shape index (κ2) is 5.23. The van der Waals surface area contributed by atoms with E-state index in [1.165, 1.54) is 0 Å². The smallest absolute Gasteiger partial charge is 0.275 e. The second-order valence-corrected chi connectivity index (χ2v) is 6.25. The van der Waals surface area contributed by atoms with E-state index in [1.54, 1.807) is 4.68 Å². The van der Waals surface area contributed by atoms with Crippen molar-refractivity contribution >= 4 is 17.2 Å². The molecule has 1 aliphatic heterocycles. The normalized spacial score (nSPS) is 13.0. The maximum atomic E-state index is 12.5. The molecule has 4 rings (SSSR count). The molecule has 0 saturated heterocycles. The van der Waals surface area contributed by atoms with Gasteiger partial charge >= 0.3 is 0 Å². The van der Waals surface area contributed by atoms with Crippen LogP contribution in [0.15, 0.2) is 52.3 Å². The molecule has 5 heteroatoms. The number of anilines is 1. The molecule has 0 saturated carbocycles. The standard InChI is InChI=1S/C19H18N4O/c1-11-7-12(2)9-14(8-11)23-18(20)17(19(24)22-23)16-10-13-5-3-4-6-15(13)21-16/h3-9H,10,20H2,1-2H3,(H,22,24). The Bertz CT molecular complexity index is 1020. The Hall–Kier alpha value is -3.08. The van der Waals surface area contributed by atoms with Crippen molar-refractivity contribution in [1.29, 1.82) is 0 Å². The third kappa shape index (κ3) is 2.25. The molecule has 0 unspecified atom stereocenters. The number of aromatic amines is 1. The number of H-pyrrole nitrogens is 1. The molecular weight excluding hydrogens is 300 g/mol. The van der Waals surface area contributed by atoms with Crippen molar-refractivity contribution in [3.8, 4) is 5.69 Å². The summed E-state index contributed by atoms with van der Waals surface area (Å²) in [5.74, 6) is 0.400. The number of aliphatic imine (C=N–C) groups is 1. The number of para-hydroxylation sites is 1. The summed E-state index contributed by atoms with van der Waals surface area (Å²) >= 11 is 0.